The first-order chi connectivity index (χ1) is 17.4. The number of hydrogen-bond donors (Lipinski definition) is 3. The average Bonchev–Trinajstić information content (AvgIpc) is 2.85. The SMILES string of the molecule is CC[C@@H]1[C@@H](C)O[C@]2(C[C@H]1O[C@H]1C[C@H](O)[C@H](O)[C@H](C)O1)O[C@@H]([C@@H](C)CCCCC(=O)OC)[C@@H](C)[C@@H](O)[C@@H]2C. The second-order valence-electron chi connectivity index (χ2n) is 11.7. The van der Waals surface area contributed by atoms with Gasteiger partial charge < -0.3 is 39.0 Å². The molecule has 9 heteroatoms. The van der Waals surface area contributed by atoms with Gasteiger partial charge in [-0.15, -0.1) is 0 Å². The molecular weight excluding hydrogens is 480 g/mol. The van der Waals surface area contributed by atoms with Crippen molar-refractivity contribution in [1.82, 2.24) is 0 Å². The summed E-state index contributed by atoms with van der Waals surface area (Å²) in [5, 5.41) is 31.7. The second-order valence-corrected chi connectivity index (χ2v) is 11.7. The Morgan fingerprint density at radius 3 is 2.38 bits per heavy atom. The summed E-state index contributed by atoms with van der Waals surface area (Å²) in [5.41, 5.74) is 0. The largest absolute Gasteiger partial charge is 0.469 e. The highest BCUT2D eigenvalue weighted by Crippen LogP contribution is 2.49. The molecule has 0 aromatic heterocycles. The standard InChI is InChI=1S/C28H50O9/c1-8-20-18(5)36-28(14-22(20)35-24-13-21(29)26(32)19(6)34-24)17(4)25(31)16(3)27(37-28)15(2)11-9-10-12-23(30)33-7/h15-22,24-27,29,31-32H,8-14H2,1-7H3/t15-,16-,17-,18+,19-,20+,21-,22+,24-,25+,26+,27-,28+/m0/s1. The Bertz CT molecular complexity index is 722. The highest BCUT2D eigenvalue weighted by Gasteiger charge is 2.58. The van der Waals surface area contributed by atoms with E-state index in [-0.39, 0.29) is 54.4 Å². The van der Waals surface area contributed by atoms with Crippen LogP contribution in [0.3, 0.4) is 0 Å². The third-order valence-corrected chi connectivity index (χ3v) is 9.10. The van der Waals surface area contributed by atoms with E-state index in [1.165, 1.54) is 7.11 Å². The van der Waals surface area contributed by atoms with Crippen LogP contribution in [0.25, 0.3) is 0 Å². The number of carbonyl (C=O) groups excluding carboxylic acids is 1. The van der Waals surface area contributed by atoms with Crippen molar-refractivity contribution in [2.75, 3.05) is 7.11 Å². The number of hydrogen-bond acceptors (Lipinski definition) is 9. The summed E-state index contributed by atoms with van der Waals surface area (Å²) < 4.78 is 30.5. The topological polar surface area (TPSA) is 124 Å². The minimum atomic E-state index is -1.01. The smallest absolute Gasteiger partial charge is 0.305 e. The van der Waals surface area contributed by atoms with Gasteiger partial charge in [0, 0.05) is 37.0 Å². The fourth-order valence-corrected chi connectivity index (χ4v) is 6.60. The summed E-state index contributed by atoms with van der Waals surface area (Å²) in [7, 11) is 1.40. The van der Waals surface area contributed by atoms with Gasteiger partial charge in [-0.2, -0.15) is 0 Å². The molecule has 0 amide bonds. The molecule has 3 N–H and O–H groups in total. The Kier molecular flexibility index (Phi) is 10.8. The lowest BCUT2D eigenvalue weighted by atomic mass is 9.72. The predicted molar refractivity (Wildman–Crippen MR) is 136 cm³/mol. The fraction of sp³-hybridized carbons (Fsp3) is 0.964. The molecule has 3 aliphatic heterocycles. The van der Waals surface area contributed by atoms with E-state index in [1.54, 1.807) is 6.92 Å². The van der Waals surface area contributed by atoms with Gasteiger partial charge in [0.1, 0.15) is 6.10 Å². The average molecular weight is 531 g/mol. The molecule has 1 spiro atoms. The Hall–Kier alpha value is -0.810. The molecule has 0 aliphatic carbocycles. The fourth-order valence-electron chi connectivity index (χ4n) is 6.60. The van der Waals surface area contributed by atoms with Gasteiger partial charge in [0.15, 0.2) is 12.1 Å². The molecule has 0 saturated carbocycles. The van der Waals surface area contributed by atoms with Crippen molar-refractivity contribution < 1.29 is 43.8 Å². The summed E-state index contributed by atoms with van der Waals surface area (Å²) in [4.78, 5) is 11.5. The first-order valence-corrected chi connectivity index (χ1v) is 14.2. The maximum Gasteiger partial charge on any atom is 0.305 e. The summed E-state index contributed by atoms with van der Waals surface area (Å²) in [6.45, 7) is 12.0. The van der Waals surface area contributed by atoms with Gasteiger partial charge in [0.25, 0.3) is 0 Å². The van der Waals surface area contributed by atoms with Crippen LogP contribution in [0.2, 0.25) is 0 Å². The summed E-state index contributed by atoms with van der Waals surface area (Å²) in [6, 6.07) is 0. The Labute approximate surface area is 222 Å². The highest BCUT2D eigenvalue weighted by atomic mass is 16.7. The lowest BCUT2D eigenvalue weighted by molar-refractivity contribution is -0.394. The predicted octanol–water partition coefficient (Wildman–Crippen LogP) is 3.16. The third kappa shape index (κ3) is 6.86. The van der Waals surface area contributed by atoms with Crippen LogP contribution in [0.15, 0.2) is 0 Å². The van der Waals surface area contributed by atoms with E-state index in [4.69, 9.17) is 23.7 Å². The number of unbranched alkanes of at least 4 members (excludes halogenated alkanes) is 1. The van der Waals surface area contributed by atoms with Crippen LogP contribution >= 0.6 is 0 Å². The molecule has 216 valence electrons. The minimum Gasteiger partial charge on any atom is -0.469 e. The number of esters is 1. The van der Waals surface area contributed by atoms with Crippen molar-refractivity contribution in [2.45, 2.75) is 141 Å². The molecule has 3 fully saturated rings. The Morgan fingerprint density at radius 1 is 1.05 bits per heavy atom. The van der Waals surface area contributed by atoms with Crippen LogP contribution < -0.4 is 0 Å². The van der Waals surface area contributed by atoms with E-state index >= 15 is 0 Å². The van der Waals surface area contributed by atoms with Crippen molar-refractivity contribution in [1.29, 1.82) is 0 Å². The highest BCUT2D eigenvalue weighted by molar-refractivity contribution is 5.68. The Balaban J connectivity index is 1.74. The number of aliphatic hydroxyl groups is 3. The van der Waals surface area contributed by atoms with Crippen LogP contribution in [-0.2, 0) is 28.5 Å². The zero-order valence-corrected chi connectivity index (χ0v) is 23.7. The Morgan fingerprint density at radius 2 is 1.76 bits per heavy atom. The monoisotopic (exact) mass is 530 g/mol. The molecule has 0 unspecified atom stereocenters. The molecule has 0 aromatic rings. The van der Waals surface area contributed by atoms with Gasteiger partial charge in [0.2, 0.25) is 0 Å². The molecule has 0 aromatic carbocycles. The zero-order chi connectivity index (χ0) is 27.5. The van der Waals surface area contributed by atoms with Gasteiger partial charge in [0.05, 0.1) is 43.7 Å². The first kappa shape index (κ1) is 30.7. The quantitative estimate of drug-likeness (QED) is 0.305. The molecule has 0 radical (unpaired) electrons. The van der Waals surface area contributed by atoms with Crippen molar-refractivity contribution in [2.24, 2.45) is 23.7 Å². The van der Waals surface area contributed by atoms with Gasteiger partial charge in [-0.3, -0.25) is 4.79 Å². The number of carbonyl (C=O) groups is 1. The molecular formula is C28H50O9. The van der Waals surface area contributed by atoms with E-state index in [2.05, 4.69) is 13.8 Å². The maximum absolute atomic E-state index is 11.5. The molecule has 3 aliphatic rings. The van der Waals surface area contributed by atoms with E-state index < -0.39 is 36.5 Å². The van der Waals surface area contributed by atoms with Crippen LogP contribution in [0.5, 0.6) is 0 Å². The van der Waals surface area contributed by atoms with E-state index in [0.717, 1.165) is 25.7 Å². The summed E-state index contributed by atoms with van der Waals surface area (Å²) in [5.74, 6) is -1.29. The molecule has 3 rings (SSSR count). The summed E-state index contributed by atoms with van der Waals surface area (Å²) in [6.07, 6.45) is 0.118. The van der Waals surface area contributed by atoms with Crippen LogP contribution in [0, 0.1) is 23.7 Å². The van der Waals surface area contributed by atoms with Crippen molar-refractivity contribution in [3.8, 4) is 0 Å². The van der Waals surface area contributed by atoms with Crippen molar-refractivity contribution in [3.63, 3.8) is 0 Å². The molecule has 0 bridgehead atoms. The van der Waals surface area contributed by atoms with Crippen molar-refractivity contribution in [3.05, 3.63) is 0 Å². The number of ether oxygens (including phenoxy) is 5. The molecule has 13 atom stereocenters. The third-order valence-electron chi connectivity index (χ3n) is 9.10. The van der Waals surface area contributed by atoms with Crippen LogP contribution in [0.4, 0.5) is 0 Å². The molecule has 3 saturated heterocycles. The zero-order valence-electron chi connectivity index (χ0n) is 23.7. The number of rotatable bonds is 9. The second kappa shape index (κ2) is 13.0. The van der Waals surface area contributed by atoms with Crippen LogP contribution in [-0.4, -0.2) is 83.2 Å². The van der Waals surface area contributed by atoms with Crippen LogP contribution in [0.1, 0.15) is 86.5 Å². The first-order valence-electron chi connectivity index (χ1n) is 14.2. The summed E-state index contributed by atoms with van der Waals surface area (Å²) >= 11 is 0. The molecule has 9 nitrogen and oxygen atoms in total. The lowest BCUT2D eigenvalue weighted by Gasteiger charge is -2.57. The van der Waals surface area contributed by atoms with Gasteiger partial charge in [-0.25, -0.2) is 0 Å². The van der Waals surface area contributed by atoms with Crippen molar-refractivity contribution >= 4 is 5.97 Å². The number of methoxy groups -OCH3 is 1. The van der Waals surface area contributed by atoms with Gasteiger partial charge in [-0.1, -0.05) is 34.1 Å². The normalized spacial score (nSPS) is 45.5. The van der Waals surface area contributed by atoms with E-state index in [0.29, 0.717) is 12.8 Å². The molecule has 3 heterocycles. The van der Waals surface area contributed by atoms with Gasteiger partial charge in [-0.05, 0) is 39.0 Å². The molecule has 37 heavy (non-hydrogen) atoms. The lowest BCUT2D eigenvalue weighted by Crippen LogP contribution is -2.65. The minimum absolute atomic E-state index is 0.0717. The van der Waals surface area contributed by atoms with Gasteiger partial charge >= 0.3 is 5.97 Å². The van der Waals surface area contributed by atoms with E-state index in [9.17, 15) is 20.1 Å². The van der Waals surface area contributed by atoms with E-state index in [1.807, 2.05) is 20.8 Å². The number of aliphatic hydroxyl groups excluding tert-OH is 3. The maximum atomic E-state index is 11.5.